The summed E-state index contributed by atoms with van der Waals surface area (Å²) in [5.74, 6) is -1.11. The van der Waals surface area contributed by atoms with E-state index in [1.165, 1.54) is 0 Å². The Morgan fingerprint density at radius 3 is 2.82 bits per heavy atom. The first-order chi connectivity index (χ1) is 7.56. The Balaban J connectivity index is 0. The van der Waals surface area contributed by atoms with Crippen molar-refractivity contribution in [2.24, 2.45) is 0 Å². The monoisotopic (exact) mass is 301 g/mol. The van der Waals surface area contributed by atoms with Crippen LogP contribution in [0.5, 0.6) is 0 Å². The zero-order valence-corrected chi connectivity index (χ0v) is 13.4. The number of amides is 1. The minimum absolute atomic E-state index is 0. The smallest absolute Gasteiger partial charge is 1.00 e. The Labute approximate surface area is 137 Å². The molecule has 0 saturated carbocycles. The van der Waals surface area contributed by atoms with Crippen molar-refractivity contribution in [1.29, 1.82) is 0 Å². The largest absolute Gasteiger partial charge is 1.00 e. The van der Waals surface area contributed by atoms with Gasteiger partial charge in [-0.05, 0) is 6.08 Å². The fourth-order valence-corrected chi connectivity index (χ4v) is 2.30. The molecule has 1 rings (SSSR count). The van der Waals surface area contributed by atoms with E-state index in [2.05, 4.69) is 0 Å². The summed E-state index contributed by atoms with van der Waals surface area (Å²) in [6, 6.07) is 0. The number of halogens is 1. The van der Waals surface area contributed by atoms with E-state index in [0.29, 0.717) is 10.8 Å². The van der Waals surface area contributed by atoms with Gasteiger partial charge in [0.05, 0.1) is 4.91 Å². The van der Waals surface area contributed by atoms with Crippen molar-refractivity contribution in [1.82, 2.24) is 4.90 Å². The van der Waals surface area contributed by atoms with Crippen molar-refractivity contribution in [3.8, 4) is 0 Å². The van der Waals surface area contributed by atoms with Gasteiger partial charge < -0.3 is 6.53 Å². The van der Waals surface area contributed by atoms with Crippen LogP contribution in [0.25, 0.3) is 0 Å². The van der Waals surface area contributed by atoms with E-state index >= 15 is 0 Å². The molecule has 0 aromatic carbocycles. The van der Waals surface area contributed by atoms with Crippen LogP contribution in [0.3, 0.4) is 0 Å². The maximum atomic E-state index is 11.7. The second-order valence-corrected chi connectivity index (χ2v) is 4.75. The number of rotatable bonds is 4. The molecule has 4 nitrogen and oxygen atoms in total. The van der Waals surface area contributed by atoms with Crippen LogP contribution in [0.1, 0.15) is 1.43 Å². The number of aliphatic carboxylic acids is 1. The SMILES string of the molecule is O=C(O)CN1C(=O)/C(=C/C=C/CCl)SC1=S.[H-].[Na+]. The van der Waals surface area contributed by atoms with E-state index < -0.39 is 12.5 Å². The second-order valence-electron chi connectivity index (χ2n) is 2.77. The number of carboxylic acid groups (broad SMARTS) is 1. The first-order valence-corrected chi connectivity index (χ1v) is 6.00. The van der Waals surface area contributed by atoms with Crippen LogP contribution >= 0.6 is 35.6 Å². The maximum absolute atomic E-state index is 11.7. The molecule has 0 unspecified atom stereocenters. The Morgan fingerprint density at radius 2 is 2.29 bits per heavy atom. The molecule has 8 heteroatoms. The third-order valence-corrected chi connectivity index (χ3v) is 3.21. The molecule has 1 aliphatic rings. The number of thioether (sulfide) groups is 1. The van der Waals surface area contributed by atoms with Gasteiger partial charge in [0.1, 0.15) is 10.9 Å². The fraction of sp³-hybridized carbons (Fsp3) is 0.222. The van der Waals surface area contributed by atoms with Crippen molar-refractivity contribution in [2.45, 2.75) is 0 Å². The van der Waals surface area contributed by atoms with Crippen molar-refractivity contribution in [3.05, 3.63) is 23.1 Å². The summed E-state index contributed by atoms with van der Waals surface area (Å²) >= 11 is 11.4. The van der Waals surface area contributed by atoms with E-state index in [1.807, 2.05) is 0 Å². The molecule has 88 valence electrons. The van der Waals surface area contributed by atoms with Gasteiger partial charge in [-0.1, -0.05) is 36.1 Å². The van der Waals surface area contributed by atoms with Crippen LogP contribution in [0, 0.1) is 0 Å². The zero-order valence-electron chi connectivity index (χ0n) is 10.1. The van der Waals surface area contributed by atoms with Gasteiger partial charge in [0, 0.05) is 5.88 Å². The van der Waals surface area contributed by atoms with Crippen LogP contribution in [-0.4, -0.2) is 38.6 Å². The normalized spacial score (nSPS) is 17.9. The van der Waals surface area contributed by atoms with Crippen molar-refractivity contribution < 1.29 is 45.7 Å². The standard InChI is InChI=1S/C9H8ClNO3S2.Na.H/c10-4-2-1-3-6-8(14)11(5-7(12)13)9(15)16-6;;/h1-3H,4-5H2,(H,12,13);;/q;+1;-1/b2-1+,6-3-;;. The molecule has 1 amide bonds. The van der Waals surface area contributed by atoms with Gasteiger partial charge in [0.15, 0.2) is 0 Å². The second kappa shape index (κ2) is 8.29. The quantitative estimate of drug-likeness (QED) is 0.304. The summed E-state index contributed by atoms with van der Waals surface area (Å²) in [5.41, 5.74) is 0. The van der Waals surface area contributed by atoms with Gasteiger partial charge in [-0.3, -0.25) is 14.5 Å². The predicted octanol–water partition coefficient (Wildman–Crippen LogP) is -1.27. The molecule has 1 fully saturated rings. The van der Waals surface area contributed by atoms with Crippen LogP contribution in [-0.2, 0) is 9.59 Å². The number of hydrogen-bond acceptors (Lipinski definition) is 4. The van der Waals surface area contributed by atoms with Gasteiger partial charge in [-0.15, -0.1) is 11.6 Å². The fourth-order valence-electron chi connectivity index (χ4n) is 0.993. The summed E-state index contributed by atoms with van der Waals surface area (Å²) < 4.78 is 0.262. The minimum atomic E-state index is -1.09. The number of nitrogens with zero attached hydrogens (tertiary/aromatic N) is 1. The molecule has 0 spiro atoms. The Kier molecular flexibility index (Phi) is 8.36. The molecular weight excluding hydrogens is 293 g/mol. The minimum Gasteiger partial charge on any atom is -1.00 e. The molecule has 0 bridgehead atoms. The number of carbonyl (C=O) groups is 2. The van der Waals surface area contributed by atoms with Gasteiger partial charge >= 0.3 is 35.5 Å². The zero-order chi connectivity index (χ0) is 12.1. The topological polar surface area (TPSA) is 57.6 Å². The summed E-state index contributed by atoms with van der Waals surface area (Å²) in [5, 5.41) is 8.60. The van der Waals surface area contributed by atoms with E-state index in [1.54, 1.807) is 18.2 Å². The number of alkyl halides is 1. The van der Waals surface area contributed by atoms with Crippen molar-refractivity contribution >= 4 is 51.8 Å². The first-order valence-electron chi connectivity index (χ1n) is 4.24. The summed E-state index contributed by atoms with van der Waals surface area (Å²) in [7, 11) is 0. The van der Waals surface area contributed by atoms with Gasteiger partial charge in [0.2, 0.25) is 0 Å². The molecule has 0 aromatic heterocycles. The number of thiocarbonyl (C=S) groups is 1. The van der Waals surface area contributed by atoms with Crippen LogP contribution < -0.4 is 29.6 Å². The Morgan fingerprint density at radius 1 is 1.65 bits per heavy atom. The average molecular weight is 302 g/mol. The molecule has 1 heterocycles. The van der Waals surface area contributed by atoms with Crippen molar-refractivity contribution in [2.75, 3.05) is 12.4 Å². The molecule has 1 aliphatic heterocycles. The van der Waals surface area contributed by atoms with Crippen LogP contribution in [0.15, 0.2) is 23.1 Å². The van der Waals surface area contributed by atoms with E-state index in [4.69, 9.17) is 28.9 Å². The molecular formula is C9H9ClNNaO3S2. The van der Waals surface area contributed by atoms with Crippen molar-refractivity contribution in [3.63, 3.8) is 0 Å². The number of hydrogen-bond donors (Lipinski definition) is 1. The maximum Gasteiger partial charge on any atom is 1.00 e. The van der Waals surface area contributed by atoms with Crippen LogP contribution in [0.4, 0.5) is 0 Å². The van der Waals surface area contributed by atoms with Gasteiger partial charge in [0.25, 0.3) is 5.91 Å². The Hall–Kier alpha value is 0.150. The first kappa shape index (κ1) is 17.2. The van der Waals surface area contributed by atoms with E-state index in [-0.39, 0.29) is 41.2 Å². The van der Waals surface area contributed by atoms with Gasteiger partial charge in [-0.2, -0.15) is 0 Å². The third kappa shape index (κ3) is 5.11. The summed E-state index contributed by atoms with van der Waals surface area (Å²) in [4.78, 5) is 23.6. The van der Waals surface area contributed by atoms with Gasteiger partial charge in [-0.25, -0.2) is 0 Å². The van der Waals surface area contributed by atoms with E-state index in [9.17, 15) is 9.59 Å². The molecule has 1 N–H and O–H groups in total. The molecule has 0 aliphatic carbocycles. The predicted molar refractivity (Wildman–Crippen MR) is 68.6 cm³/mol. The number of carboxylic acids is 1. The molecule has 0 aromatic rings. The van der Waals surface area contributed by atoms with E-state index in [0.717, 1.165) is 16.7 Å². The third-order valence-electron chi connectivity index (χ3n) is 1.64. The summed E-state index contributed by atoms with van der Waals surface area (Å²) in [6.07, 6.45) is 4.88. The molecule has 1 saturated heterocycles. The molecule has 17 heavy (non-hydrogen) atoms. The summed E-state index contributed by atoms with van der Waals surface area (Å²) in [6.45, 7) is -0.402. The average Bonchev–Trinajstić information content (AvgIpc) is 2.46. The van der Waals surface area contributed by atoms with Crippen LogP contribution in [0.2, 0.25) is 0 Å². The molecule has 0 radical (unpaired) electrons. The number of carbonyl (C=O) groups excluding carboxylic acids is 1. The Bertz CT molecular complexity index is 403. The molecule has 0 atom stereocenters. The number of allylic oxidation sites excluding steroid dienone is 3.